The predicted molar refractivity (Wildman–Crippen MR) is 82.5 cm³/mol. The van der Waals surface area contributed by atoms with E-state index in [1.54, 1.807) is 0 Å². The third kappa shape index (κ3) is 2.16. The van der Waals surface area contributed by atoms with E-state index in [9.17, 15) is 0 Å². The van der Waals surface area contributed by atoms with Gasteiger partial charge in [-0.1, -0.05) is 19.9 Å². The molecule has 19 heavy (non-hydrogen) atoms. The first-order valence-corrected chi connectivity index (χ1v) is 8.40. The second-order valence-corrected chi connectivity index (χ2v) is 8.01. The number of rotatable bonds is 3. The van der Waals surface area contributed by atoms with Crippen molar-refractivity contribution in [2.24, 2.45) is 17.8 Å². The Kier molecular flexibility index (Phi) is 3.48. The smallest absolute Gasteiger partial charge is 0.0469 e. The highest BCUT2D eigenvalue weighted by Crippen LogP contribution is 2.47. The van der Waals surface area contributed by atoms with Gasteiger partial charge in [0.15, 0.2) is 0 Å². The lowest BCUT2D eigenvalue weighted by Gasteiger charge is -2.42. The highest BCUT2D eigenvalue weighted by atomic mass is 32.1. The molecule has 2 aliphatic rings. The van der Waals surface area contributed by atoms with Gasteiger partial charge in [0.05, 0.1) is 0 Å². The van der Waals surface area contributed by atoms with Gasteiger partial charge >= 0.3 is 0 Å². The van der Waals surface area contributed by atoms with Crippen LogP contribution in [0, 0.1) is 17.8 Å². The molecular formula is C16H26N2S. The molecule has 3 atom stereocenters. The lowest BCUT2D eigenvalue weighted by molar-refractivity contribution is 0.0657. The molecule has 0 amide bonds. The molecule has 3 heteroatoms. The Hall–Kier alpha value is -0.380. The van der Waals surface area contributed by atoms with Crippen molar-refractivity contribution in [1.82, 2.24) is 10.2 Å². The topological polar surface area (TPSA) is 15.3 Å². The molecule has 3 unspecified atom stereocenters. The third-order valence-electron chi connectivity index (χ3n) is 5.22. The molecule has 2 aliphatic heterocycles. The molecule has 1 N–H and O–H groups in total. The van der Waals surface area contributed by atoms with Gasteiger partial charge in [0, 0.05) is 29.5 Å². The first kappa shape index (κ1) is 13.6. The number of nitrogens with one attached hydrogen (secondary N) is 1. The van der Waals surface area contributed by atoms with Gasteiger partial charge in [-0.25, -0.2) is 0 Å². The molecule has 3 rings (SSSR count). The van der Waals surface area contributed by atoms with Crippen LogP contribution in [0.25, 0.3) is 0 Å². The zero-order chi connectivity index (χ0) is 13.6. The van der Waals surface area contributed by atoms with E-state index in [-0.39, 0.29) is 0 Å². The van der Waals surface area contributed by atoms with Crippen LogP contribution in [-0.2, 0) is 0 Å². The minimum absolute atomic E-state index is 0.313. The maximum absolute atomic E-state index is 3.58. The number of fused-ring (bicyclic) bond motifs is 1. The Bertz CT molecular complexity index is 424. The lowest BCUT2D eigenvalue weighted by Crippen LogP contribution is -2.47. The van der Waals surface area contributed by atoms with Gasteiger partial charge in [-0.15, -0.1) is 11.3 Å². The van der Waals surface area contributed by atoms with Gasteiger partial charge in [-0.3, -0.25) is 4.90 Å². The van der Waals surface area contributed by atoms with Crippen molar-refractivity contribution in [2.75, 3.05) is 19.6 Å². The van der Waals surface area contributed by atoms with E-state index >= 15 is 0 Å². The SMILES string of the molecule is CC(C)C(c1cccs1)N1CC2CNCC2C1(C)C. The van der Waals surface area contributed by atoms with Crippen molar-refractivity contribution >= 4 is 11.3 Å². The molecule has 0 saturated carbocycles. The summed E-state index contributed by atoms with van der Waals surface area (Å²) in [6.07, 6.45) is 0. The molecule has 0 radical (unpaired) electrons. The van der Waals surface area contributed by atoms with Gasteiger partial charge in [-0.2, -0.15) is 0 Å². The maximum Gasteiger partial charge on any atom is 0.0469 e. The van der Waals surface area contributed by atoms with Crippen molar-refractivity contribution in [1.29, 1.82) is 0 Å². The van der Waals surface area contributed by atoms with Gasteiger partial charge < -0.3 is 5.32 Å². The summed E-state index contributed by atoms with van der Waals surface area (Å²) in [4.78, 5) is 4.33. The summed E-state index contributed by atoms with van der Waals surface area (Å²) < 4.78 is 0. The van der Waals surface area contributed by atoms with Crippen LogP contribution >= 0.6 is 11.3 Å². The van der Waals surface area contributed by atoms with E-state index in [1.165, 1.54) is 24.5 Å². The lowest BCUT2D eigenvalue weighted by atomic mass is 9.84. The van der Waals surface area contributed by atoms with Crippen LogP contribution < -0.4 is 5.32 Å². The monoisotopic (exact) mass is 278 g/mol. The molecule has 2 saturated heterocycles. The standard InChI is InChI=1S/C16H26N2S/c1-11(2)15(14-6-5-7-19-14)18-10-12-8-17-9-13(12)16(18,3)4/h5-7,11-13,15,17H,8-10H2,1-4H3. The van der Waals surface area contributed by atoms with Crippen molar-refractivity contribution < 1.29 is 0 Å². The fraction of sp³-hybridized carbons (Fsp3) is 0.750. The minimum atomic E-state index is 0.313. The predicted octanol–water partition coefficient (Wildman–Crippen LogP) is 3.38. The van der Waals surface area contributed by atoms with Crippen LogP contribution in [0.1, 0.15) is 38.6 Å². The molecule has 2 nitrogen and oxygen atoms in total. The summed E-state index contributed by atoms with van der Waals surface area (Å²) in [5.41, 5.74) is 0.313. The Morgan fingerprint density at radius 1 is 1.37 bits per heavy atom. The molecule has 1 aromatic rings. The zero-order valence-electron chi connectivity index (χ0n) is 12.5. The Balaban J connectivity index is 1.91. The second kappa shape index (κ2) is 4.87. The summed E-state index contributed by atoms with van der Waals surface area (Å²) in [6, 6.07) is 5.10. The van der Waals surface area contributed by atoms with Gasteiger partial charge in [0.1, 0.15) is 0 Å². The zero-order valence-corrected chi connectivity index (χ0v) is 13.3. The highest BCUT2D eigenvalue weighted by molar-refractivity contribution is 7.10. The quantitative estimate of drug-likeness (QED) is 0.912. The van der Waals surface area contributed by atoms with E-state index in [0.717, 1.165) is 11.8 Å². The molecule has 3 heterocycles. The fourth-order valence-corrected chi connectivity index (χ4v) is 5.24. The Labute approximate surface area is 121 Å². The van der Waals surface area contributed by atoms with Crippen LogP contribution in [0.3, 0.4) is 0 Å². The Morgan fingerprint density at radius 3 is 2.74 bits per heavy atom. The van der Waals surface area contributed by atoms with Crippen molar-refractivity contribution in [3.05, 3.63) is 22.4 Å². The Morgan fingerprint density at radius 2 is 2.16 bits per heavy atom. The number of thiophene rings is 1. The number of likely N-dealkylation sites (tertiary alicyclic amines) is 1. The van der Waals surface area contributed by atoms with Crippen LogP contribution in [0.4, 0.5) is 0 Å². The van der Waals surface area contributed by atoms with Crippen molar-refractivity contribution in [3.63, 3.8) is 0 Å². The minimum Gasteiger partial charge on any atom is -0.316 e. The van der Waals surface area contributed by atoms with Crippen LogP contribution in [0.15, 0.2) is 17.5 Å². The van der Waals surface area contributed by atoms with Crippen LogP contribution in [0.2, 0.25) is 0 Å². The summed E-state index contributed by atoms with van der Waals surface area (Å²) in [7, 11) is 0. The van der Waals surface area contributed by atoms with Crippen LogP contribution in [-0.4, -0.2) is 30.1 Å². The van der Waals surface area contributed by atoms with E-state index in [1.807, 2.05) is 11.3 Å². The number of hydrogen-bond acceptors (Lipinski definition) is 3. The molecule has 106 valence electrons. The third-order valence-corrected chi connectivity index (χ3v) is 6.16. The molecule has 0 aromatic carbocycles. The molecular weight excluding hydrogens is 252 g/mol. The summed E-state index contributed by atoms with van der Waals surface area (Å²) in [5, 5.41) is 5.80. The van der Waals surface area contributed by atoms with E-state index in [2.05, 4.69) is 55.4 Å². The van der Waals surface area contributed by atoms with Gasteiger partial charge in [0.2, 0.25) is 0 Å². The average molecular weight is 278 g/mol. The first-order valence-electron chi connectivity index (χ1n) is 7.52. The number of hydrogen-bond donors (Lipinski definition) is 1. The van der Waals surface area contributed by atoms with Crippen molar-refractivity contribution in [2.45, 2.75) is 39.3 Å². The van der Waals surface area contributed by atoms with Crippen molar-refractivity contribution in [3.8, 4) is 0 Å². The summed E-state index contributed by atoms with van der Waals surface area (Å²) >= 11 is 1.92. The average Bonchev–Trinajstić information content (AvgIpc) is 3.00. The second-order valence-electron chi connectivity index (χ2n) is 7.04. The van der Waals surface area contributed by atoms with Gasteiger partial charge in [0.25, 0.3) is 0 Å². The van der Waals surface area contributed by atoms with Crippen LogP contribution in [0.5, 0.6) is 0 Å². The fourth-order valence-electron chi connectivity index (χ4n) is 4.23. The molecule has 0 aliphatic carbocycles. The highest BCUT2D eigenvalue weighted by Gasteiger charge is 2.52. The van der Waals surface area contributed by atoms with E-state index < -0.39 is 0 Å². The number of nitrogens with zero attached hydrogens (tertiary/aromatic N) is 1. The normalized spacial score (nSPS) is 31.8. The summed E-state index contributed by atoms with van der Waals surface area (Å²) in [5.74, 6) is 2.33. The maximum atomic E-state index is 3.58. The first-order chi connectivity index (χ1) is 9.01. The summed E-state index contributed by atoms with van der Waals surface area (Å²) in [6.45, 7) is 13.3. The molecule has 1 aromatic heterocycles. The largest absolute Gasteiger partial charge is 0.316 e. The molecule has 0 bridgehead atoms. The van der Waals surface area contributed by atoms with E-state index in [0.29, 0.717) is 17.5 Å². The van der Waals surface area contributed by atoms with E-state index in [4.69, 9.17) is 0 Å². The van der Waals surface area contributed by atoms with Gasteiger partial charge in [-0.05, 0) is 49.6 Å². The molecule has 0 spiro atoms. The molecule has 2 fully saturated rings.